The lowest BCUT2D eigenvalue weighted by Gasteiger charge is -2.16. The smallest absolute Gasteiger partial charge is 0.338 e. The van der Waals surface area contributed by atoms with Gasteiger partial charge in [-0.2, -0.15) is 0 Å². The van der Waals surface area contributed by atoms with Gasteiger partial charge in [0.15, 0.2) is 0 Å². The second kappa shape index (κ2) is 7.77. The van der Waals surface area contributed by atoms with Crippen LogP contribution in [0.1, 0.15) is 5.56 Å². The van der Waals surface area contributed by atoms with E-state index in [2.05, 4.69) is 4.98 Å². The van der Waals surface area contributed by atoms with Crippen molar-refractivity contribution in [3.05, 3.63) is 72.4 Å². The Bertz CT molecular complexity index is 1120. The van der Waals surface area contributed by atoms with Gasteiger partial charge >= 0.3 is 6.03 Å². The standard InChI is InChI=1S/C19H18N4O4S/c20-19(24)23(25)12-13-10-16(15-8-4-5-9-17(15)28(21,26)27)18(22-11-13)14-6-2-1-3-7-14/h1-11,25H,12H2,(H2,20,24)(H2,21,26,27). The summed E-state index contributed by atoms with van der Waals surface area (Å²) in [5.41, 5.74) is 7.67. The van der Waals surface area contributed by atoms with E-state index in [9.17, 15) is 18.4 Å². The lowest BCUT2D eigenvalue weighted by Crippen LogP contribution is -2.32. The topological polar surface area (TPSA) is 140 Å². The van der Waals surface area contributed by atoms with Gasteiger partial charge in [0.1, 0.15) is 0 Å². The normalized spacial score (nSPS) is 11.2. The maximum absolute atomic E-state index is 12.1. The number of pyridine rings is 1. The molecule has 3 rings (SSSR count). The molecule has 1 aromatic heterocycles. The minimum absolute atomic E-state index is 0.0538. The van der Waals surface area contributed by atoms with Crippen LogP contribution in [0, 0.1) is 0 Å². The fraction of sp³-hybridized carbons (Fsp3) is 0.0526. The Hall–Kier alpha value is -3.27. The maximum Gasteiger partial charge on any atom is 0.338 e. The second-order valence-electron chi connectivity index (χ2n) is 6.04. The van der Waals surface area contributed by atoms with E-state index in [-0.39, 0.29) is 11.4 Å². The van der Waals surface area contributed by atoms with Crippen molar-refractivity contribution in [2.75, 3.05) is 0 Å². The number of urea groups is 1. The fourth-order valence-electron chi connectivity index (χ4n) is 2.81. The quantitative estimate of drug-likeness (QED) is 0.447. The Balaban J connectivity index is 2.24. The van der Waals surface area contributed by atoms with Gasteiger partial charge in [0, 0.05) is 22.9 Å². The SMILES string of the molecule is NC(=O)N(O)Cc1cnc(-c2ccccc2)c(-c2ccccc2S(N)(=O)=O)c1. The Morgan fingerprint density at radius 2 is 1.68 bits per heavy atom. The van der Waals surface area contributed by atoms with Crippen LogP contribution in [0.2, 0.25) is 0 Å². The molecule has 0 spiro atoms. The molecule has 8 nitrogen and oxygen atoms in total. The van der Waals surface area contributed by atoms with Crippen LogP contribution in [-0.4, -0.2) is 29.7 Å². The highest BCUT2D eigenvalue weighted by molar-refractivity contribution is 7.89. The van der Waals surface area contributed by atoms with Gasteiger partial charge in [-0.3, -0.25) is 10.2 Å². The zero-order chi connectivity index (χ0) is 20.3. The van der Waals surface area contributed by atoms with Gasteiger partial charge in [0.2, 0.25) is 10.0 Å². The van der Waals surface area contributed by atoms with Crippen molar-refractivity contribution in [2.24, 2.45) is 10.9 Å². The minimum atomic E-state index is -3.99. The van der Waals surface area contributed by atoms with Crippen molar-refractivity contribution in [1.29, 1.82) is 0 Å². The van der Waals surface area contributed by atoms with Crippen LogP contribution in [0.4, 0.5) is 4.79 Å². The number of primary sulfonamides is 1. The van der Waals surface area contributed by atoms with Crippen LogP contribution >= 0.6 is 0 Å². The molecule has 0 saturated carbocycles. The molecule has 1 heterocycles. The number of aromatic nitrogens is 1. The molecule has 0 atom stereocenters. The van der Waals surface area contributed by atoms with Gasteiger partial charge in [-0.15, -0.1) is 0 Å². The maximum atomic E-state index is 12.1. The molecule has 9 heteroatoms. The summed E-state index contributed by atoms with van der Waals surface area (Å²) in [5.74, 6) is 0. The van der Waals surface area contributed by atoms with E-state index in [0.717, 1.165) is 5.56 Å². The summed E-state index contributed by atoms with van der Waals surface area (Å²) in [4.78, 5) is 15.5. The van der Waals surface area contributed by atoms with Gasteiger partial charge in [-0.05, 0) is 17.7 Å². The Morgan fingerprint density at radius 3 is 2.32 bits per heavy atom. The predicted molar refractivity (Wildman–Crippen MR) is 103 cm³/mol. The Morgan fingerprint density at radius 1 is 1.04 bits per heavy atom. The minimum Gasteiger partial charge on any atom is -0.350 e. The predicted octanol–water partition coefficient (Wildman–Crippen LogP) is 2.33. The van der Waals surface area contributed by atoms with E-state index >= 15 is 0 Å². The summed E-state index contributed by atoms with van der Waals surface area (Å²) in [6.45, 7) is -0.206. The van der Waals surface area contributed by atoms with Gasteiger partial charge < -0.3 is 5.73 Å². The average molecular weight is 398 g/mol. The highest BCUT2D eigenvalue weighted by Crippen LogP contribution is 2.34. The summed E-state index contributed by atoms with van der Waals surface area (Å²) >= 11 is 0. The van der Waals surface area contributed by atoms with Crippen LogP contribution < -0.4 is 10.9 Å². The average Bonchev–Trinajstić information content (AvgIpc) is 2.68. The molecule has 144 valence electrons. The molecular weight excluding hydrogens is 380 g/mol. The number of benzene rings is 2. The molecule has 0 fully saturated rings. The van der Waals surface area contributed by atoms with E-state index in [1.807, 2.05) is 30.3 Å². The first-order valence-corrected chi connectivity index (χ1v) is 9.74. The van der Waals surface area contributed by atoms with Crippen LogP contribution in [0.15, 0.2) is 71.8 Å². The van der Waals surface area contributed by atoms with E-state index in [0.29, 0.717) is 27.4 Å². The van der Waals surface area contributed by atoms with Crippen molar-refractivity contribution in [3.63, 3.8) is 0 Å². The lowest BCUT2D eigenvalue weighted by atomic mass is 9.98. The van der Waals surface area contributed by atoms with E-state index < -0.39 is 16.1 Å². The number of hydrogen-bond donors (Lipinski definition) is 3. The number of rotatable bonds is 5. The van der Waals surface area contributed by atoms with Crippen LogP contribution in [-0.2, 0) is 16.6 Å². The van der Waals surface area contributed by atoms with Gasteiger partial charge in [-0.25, -0.2) is 23.4 Å². The molecular formula is C19H18N4O4S. The molecule has 0 aliphatic carbocycles. The number of amides is 2. The van der Waals surface area contributed by atoms with Crippen molar-refractivity contribution in [3.8, 4) is 22.4 Å². The number of carbonyl (C=O) groups excluding carboxylic acids is 1. The third kappa shape index (κ3) is 4.17. The lowest BCUT2D eigenvalue weighted by molar-refractivity contribution is -0.0471. The van der Waals surface area contributed by atoms with Gasteiger partial charge in [0.25, 0.3) is 0 Å². The zero-order valence-electron chi connectivity index (χ0n) is 14.7. The molecule has 3 aromatic rings. The monoisotopic (exact) mass is 398 g/mol. The molecule has 0 aliphatic rings. The molecule has 2 amide bonds. The largest absolute Gasteiger partial charge is 0.350 e. The fourth-order valence-corrected chi connectivity index (χ4v) is 3.57. The Labute approximate surface area is 162 Å². The van der Waals surface area contributed by atoms with Crippen LogP contribution in [0.5, 0.6) is 0 Å². The molecule has 0 aliphatic heterocycles. The molecule has 0 radical (unpaired) electrons. The van der Waals surface area contributed by atoms with E-state index in [4.69, 9.17) is 10.9 Å². The van der Waals surface area contributed by atoms with E-state index in [1.54, 1.807) is 24.3 Å². The molecule has 0 bridgehead atoms. The molecule has 5 N–H and O–H groups in total. The molecule has 28 heavy (non-hydrogen) atoms. The summed E-state index contributed by atoms with van der Waals surface area (Å²) in [5, 5.41) is 15.4. The van der Waals surface area contributed by atoms with Crippen molar-refractivity contribution >= 4 is 16.1 Å². The van der Waals surface area contributed by atoms with Gasteiger partial charge in [0.05, 0.1) is 17.1 Å². The van der Waals surface area contributed by atoms with Crippen molar-refractivity contribution < 1.29 is 18.4 Å². The van der Waals surface area contributed by atoms with E-state index in [1.165, 1.54) is 12.3 Å². The number of nitrogens with zero attached hydrogens (tertiary/aromatic N) is 2. The number of carbonyl (C=O) groups is 1. The molecule has 0 unspecified atom stereocenters. The highest BCUT2D eigenvalue weighted by Gasteiger charge is 2.19. The summed E-state index contributed by atoms with van der Waals surface area (Å²) < 4.78 is 24.1. The third-order valence-corrected chi connectivity index (χ3v) is 5.03. The number of hydrogen-bond acceptors (Lipinski definition) is 5. The molecule has 2 aromatic carbocycles. The second-order valence-corrected chi connectivity index (χ2v) is 7.57. The number of nitrogens with two attached hydrogens (primary N) is 2. The van der Waals surface area contributed by atoms with Crippen molar-refractivity contribution in [1.82, 2.24) is 10.0 Å². The Kier molecular flexibility index (Phi) is 5.41. The summed E-state index contributed by atoms with van der Waals surface area (Å²) in [7, 11) is -3.99. The first-order chi connectivity index (χ1) is 13.3. The van der Waals surface area contributed by atoms with Gasteiger partial charge in [-0.1, -0.05) is 48.5 Å². The first-order valence-electron chi connectivity index (χ1n) is 8.20. The van der Waals surface area contributed by atoms with Crippen LogP contribution in [0.3, 0.4) is 0 Å². The first kappa shape index (κ1) is 19.5. The highest BCUT2D eigenvalue weighted by atomic mass is 32.2. The summed E-state index contributed by atoms with van der Waals surface area (Å²) in [6.07, 6.45) is 1.48. The number of hydroxylamine groups is 2. The number of primary amides is 1. The molecule has 0 saturated heterocycles. The van der Waals surface area contributed by atoms with Crippen LogP contribution in [0.25, 0.3) is 22.4 Å². The number of sulfonamides is 1. The van der Waals surface area contributed by atoms with Crippen molar-refractivity contribution in [2.45, 2.75) is 11.4 Å². The summed E-state index contributed by atoms with van der Waals surface area (Å²) in [6, 6.07) is 16.1. The zero-order valence-corrected chi connectivity index (χ0v) is 15.5. The third-order valence-electron chi connectivity index (χ3n) is 4.06.